The van der Waals surface area contributed by atoms with E-state index in [1.54, 1.807) is 0 Å². The predicted octanol–water partition coefficient (Wildman–Crippen LogP) is 6.65. The Kier molecular flexibility index (Phi) is 4.58. The topological polar surface area (TPSA) is 50.2 Å². The number of hydrogen-bond donors (Lipinski definition) is 1. The third-order valence-electron chi connectivity index (χ3n) is 5.98. The van der Waals surface area contributed by atoms with Crippen LogP contribution in [0.2, 0.25) is 5.02 Å². The summed E-state index contributed by atoms with van der Waals surface area (Å²) >= 11 is 6.25. The van der Waals surface area contributed by atoms with E-state index in [4.69, 9.17) is 16.6 Å². The lowest BCUT2D eigenvalue weighted by Crippen LogP contribution is -2.00. The van der Waals surface area contributed by atoms with E-state index in [9.17, 15) is 0 Å². The average Bonchev–Trinajstić information content (AvgIpc) is 3.25. The van der Waals surface area contributed by atoms with Crippen LogP contribution in [0.5, 0.6) is 0 Å². The standard InChI is InChI=1S/C27H19ClN4/c28-21-13-14-24-23(15-21)26(19-5-2-1-3-6-19)31-27(30-24)32-29-16-20-12-11-18-10-9-17-7-4-8-22(20)25(17)18/h1-8,11-16H,9-10H2,(H,30,31,32). The van der Waals surface area contributed by atoms with Crippen LogP contribution in [-0.2, 0) is 12.8 Å². The van der Waals surface area contributed by atoms with Gasteiger partial charge >= 0.3 is 0 Å². The number of nitrogens with zero attached hydrogens (tertiary/aromatic N) is 3. The van der Waals surface area contributed by atoms with Crippen LogP contribution in [0.4, 0.5) is 5.95 Å². The molecule has 4 aromatic carbocycles. The highest BCUT2D eigenvalue weighted by molar-refractivity contribution is 6.31. The summed E-state index contributed by atoms with van der Waals surface area (Å²) in [6.45, 7) is 0. The first-order valence-corrected chi connectivity index (χ1v) is 11.0. The number of hydrogen-bond acceptors (Lipinski definition) is 4. The van der Waals surface area contributed by atoms with Crippen molar-refractivity contribution in [2.45, 2.75) is 12.8 Å². The van der Waals surface area contributed by atoms with Gasteiger partial charge < -0.3 is 0 Å². The third-order valence-corrected chi connectivity index (χ3v) is 6.22. The van der Waals surface area contributed by atoms with Crippen LogP contribution in [0.3, 0.4) is 0 Å². The minimum Gasteiger partial charge on any atom is -0.245 e. The monoisotopic (exact) mass is 434 g/mol. The zero-order chi connectivity index (χ0) is 21.5. The number of aryl methyl sites for hydroxylation is 2. The fourth-order valence-corrected chi connectivity index (χ4v) is 4.68. The molecule has 1 heterocycles. The molecule has 1 aromatic heterocycles. The molecule has 5 heteroatoms. The number of nitrogens with one attached hydrogen (secondary N) is 1. The van der Waals surface area contributed by atoms with E-state index < -0.39 is 0 Å². The van der Waals surface area contributed by atoms with Gasteiger partial charge in [0.2, 0.25) is 5.95 Å². The average molecular weight is 435 g/mol. The van der Waals surface area contributed by atoms with Crippen molar-refractivity contribution in [2.24, 2.45) is 5.10 Å². The Labute approximate surface area is 190 Å². The smallest absolute Gasteiger partial charge is 0.244 e. The van der Waals surface area contributed by atoms with Crippen LogP contribution in [-0.4, -0.2) is 16.2 Å². The van der Waals surface area contributed by atoms with Gasteiger partial charge in [-0.2, -0.15) is 5.10 Å². The summed E-state index contributed by atoms with van der Waals surface area (Å²) in [5, 5.41) is 8.65. The Morgan fingerprint density at radius 3 is 2.53 bits per heavy atom. The zero-order valence-corrected chi connectivity index (χ0v) is 18.0. The highest BCUT2D eigenvalue weighted by Crippen LogP contribution is 2.32. The number of anilines is 1. The molecule has 0 saturated carbocycles. The first kappa shape index (κ1) is 19.0. The molecular weight excluding hydrogens is 416 g/mol. The molecule has 154 valence electrons. The van der Waals surface area contributed by atoms with Crippen LogP contribution >= 0.6 is 11.6 Å². The maximum absolute atomic E-state index is 6.25. The molecule has 5 aromatic rings. The quantitative estimate of drug-likeness (QED) is 0.254. The van der Waals surface area contributed by atoms with Crippen molar-refractivity contribution >= 4 is 45.4 Å². The molecule has 0 amide bonds. The van der Waals surface area contributed by atoms with Crippen molar-refractivity contribution in [1.29, 1.82) is 0 Å². The maximum Gasteiger partial charge on any atom is 0.244 e. The van der Waals surface area contributed by atoms with Gasteiger partial charge in [0.25, 0.3) is 0 Å². The molecule has 0 spiro atoms. The third kappa shape index (κ3) is 3.29. The molecule has 32 heavy (non-hydrogen) atoms. The Morgan fingerprint density at radius 2 is 1.66 bits per heavy atom. The summed E-state index contributed by atoms with van der Waals surface area (Å²) in [5.74, 6) is 0.445. The molecule has 0 unspecified atom stereocenters. The second-order valence-electron chi connectivity index (χ2n) is 7.95. The first-order valence-electron chi connectivity index (χ1n) is 10.6. The van der Waals surface area contributed by atoms with Crippen molar-refractivity contribution in [3.63, 3.8) is 0 Å². The number of benzene rings is 4. The minimum absolute atomic E-state index is 0.445. The molecule has 6 rings (SSSR count). The lowest BCUT2D eigenvalue weighted by atomic mass is 10.0. The van der Waals surface area contributed by atoms with E-state index in [0.717, 1.165) is 40.6 Å². The normalized spacial score (nSPS) is 12.8. The molecule has 0 aliphatic heterocycles. The zero-order valence-electron chi connectivity index (χ0n) is 17.2. The highest BCUT2D eigenvalue weighted by Gasteiger charge is 2.15. The van der Waals surface area contributed by atoms with Gasteiger partial charge in [0.1, 0.15) is 0 Å². The molecule has 0 atom stereocenters. The molecule has 0 bridgehead atoms. The summed E-state index contributed by atoms with van der Waals surface area (Å²) < 4.78 is 0. The largest absolute Gasteiger partial charge is 0.245 e. The number of fused-ring (bicyclic) bond motifs is 1. The Balaban J connectivity index is 1.38. The molecule has 0 fully saturated rings. The van der Waals surface area contributed by atoms with Crippen LogP contribution in [0.25, 0.3) is 32.9 Å². The number of aromatic nitrogens is 2. The molecule has 4 nitrogen and oxygen atoms in total. The summed E-state index contributed by atoms with van der Waals surface area (Å²) in [6, 6.07) is 26.5. The molecule has 0 saturated heterocycles. The highest BCUT2D eigenvalue weighted by atomic mass is 35.5. The van der Waals surface area contributed by atoms with Gasteiger partial charge in [-0.25, -0.2) is 15.4 Å². The maximum atomic E-state index is 6.25. The van der Waals surface area contributed by atoms with Gasteiger partial charge in [-0.3, -0.25) is 0 Å². The molecule has 1 aliphatic rings. The first-order chi connectivity index (χ1) is 15.8. The van der Waals surface area contributed by atoms with Crippen LogP contribution in [0, 0.1) is 0 Å². The van der Waals surface area contributed by atoms with Gasteiger partial charge in [0.05, 0.1) is 17.4 Å². The predicted molar refractivity (Wildman–Crippen MR) is 133 cm³/mol. The minimum atomic E-state index is 0.445. The summed E-state index contributed by atoms with van der Waals surface area (Å²) in [5.41, 5.74) is 9.59. The van der Waals surface area contributed by atoms with Crippen molar-refractivity contribution in [1.82, 2.24) is 9.97 Å². The summed E-state index contributed by atoms with van der Waals surface area (Å²) in [4.78, 5) is 9.39. The van der Waals surface area contributed by atoms with Crippen molar-refractivity contribution in [3.8, 4) is 11.3 Å². The number of hydrazone groups is 1. The van der Waals surface area contributed by atoms with E-state index >= 15 is 0 Å². The number of rotatable bonds is 4. The van der Waals surface area contributed by atoms with Crippen molar-refractivity contribution in [3.05, 3.63) is 101 Å². The van der Waals surface area contributed by atoms with Crippen molar-refractivity contribution in [2.75, 3.05) is 5.43 Å². The van der Waals surface area contributed by atoms with Gasteiger partial charge in [-0.15, -0.1) is 0 Å². The second kappa shape index (κ2) is 7.74. The number of halogens is 1. The van der Waals surface area contributed by atoms with E-state index in [0.29, 0.717) is 11.0 Å². The molecule has 1 aliphatic carbocycles. The van der Waals surface area contributed by atoms with Gasteiger partial charge in [0, 0.05) is 21.5 Å². The van der Waals surface area contributed by atoms with Gasteiger partial charge in [0.15, 0.2) is 0 Å². The lowest BCUT2D eigenvalue weighted by molar-refractivity contribution is 1.02. The van der Waals surface area contributed by atoms with Crippen LogP contribution in [0.1, 0.15) is 16.7 Å². The summed E-state index contributed by atoms with van der Waals surface area (Å²) in [6.07, 6.45) is 4.07. The van der Waals surface area contributed by atoms with E-state index in [2.05, 4.69) is 45.8 Å². The molecule has 0 radical (unpaired) electrons. The Morgan fingerprint density at radius 1 is 0.812 bits per heavy atom. The second-order valence-corrected chi connectivity index (χ2v) is 8.38. The van der Waals surface area contributed by atoms with E-state index in [1.807, 2.05) is 54.7 Å². The van der Waals surface area contributed by atoms with Crippen molar-refractivity contribution < 1.29 is 0 Å². The van der Waals surface area contributed by atoms with E-state index in [1.165, 1.54) is 21.9 Å². The fraction of sp³-hybridized carbons (Fsp3) is 0.0741. The molecule has 1 N–H and O–H groups in total. The SMILES string of the molecule is Clc1ccc2nc(NN=Cc3ccc4c5c(cccc35)CC4)nc(-c3ccccc3)c2c1. The molecular formula is C27H19ClN4. The Hall–Kier alpha value is -3.76. The fourth-order valence-electron chi connectivity index (χ4n) is 4.51. The summed E-state index contributed by atoms with van der Waals surface area (Å²) in [7, 11) is 0. The van der Waals surface area contributed by atoms with E-state index in [-0.39, 0.29) is 0 Å². The van der Waals surface area contributed by atoms with Gasteiger partial charge in [-0.1, -0.05) is 72.3 Å². The van der Waals surface area contributed by atoms with Crippen LogP contribution < -0.4 is 5.43 Å². The van der Waals surface area contributed by atoms with Gasteiger partial charge in [-0.05, 0) is 52.9 Å². The Bertz CT molecular complexity index is 1500. The van der Waals surface area contributed by atoms with Crippen LogP contribution in [0.15, 0.2) is 84.0 Å². The lowest BCUT2D eigenvalue weighted by Gasteiger charge is -2.09.